The number of nitrogens with zero attached hydrogens (tertiary/aromatic N) is 1. The monoisotopic (exact) mass is 296 g/mol. The van der Waals surface area contributed by atoms with Gasteiger partial charge in [-0.15, -0.1) is 0 Å². The molecule has 0 radical (unpaired) electrons. The lowest BCUT2D eigenvalue weighted by Gasteiger charge is -2.43. The van der Waals surface area contributed by atoms with Gasteiger partial charge >= 0.3 is 0 Å². The van der Waals surface area contributed by atoms with Crippen molar-refractivity contribution < 1.29 is 4.42 Å². The summed E-state index contributed by atoms with van der Waals surface area (Å²) in [5.74, 6) is 3.09. The van der Waals surface area contributed by atoms with Crippen LogP contribution >= 0.6 is 11.8 Å². The van der Waals surface area contributed by atoms with Gasteiger partial charge in [0.25, 0.3) is 0 Å². The molecule has 0 amide bonds. The van der Waals surface area contributed by atoms with E-state index >= 15 is 0 Å². The predicted octanol–water partition coefficient (Wildman–Crippen LogP) is 3.50. The van der Waals surface area contributed by atoms with Gasteiger partial charge in [-0.2, -0.15) is 11.8 Å². The maximum Gasteiger partial charge on any atom is 0.118 e. The van der Waals surface area contributed by atoms with E-state index in [-0.39, 0.29) is 0 Å². The molecule has 0 bridgehead atoms. The van der Waals surface area contributed by atoms with Gasteiger partial charge in [-0.25, -0.2) is 0 Å². The first-order valence-corrected chi connectivity index (χ1v) is 9.00. The Morgan fingerprint density at radius 1 is 1.20 bits per heavy atom. The van der Waals surface area contributed by atoms with Crippen molar-refractivity contribution in [2.24, 2.45) is 0 Å². The van der Waals surface area contributed by atoms with Gasteiger partial charge in [-0.1, -0.05) is 19.3 Å². The Hall–Kier alpha value is -0.450. The molecule has 1 fully saturated rings. The van der Waals surface area contributed by atoms with Crippen LogP contribution in [-0.4, -0.2) is 37.3 Å². The largest absolute Gasteiger partial charge is 0.464 e. The van der Waals surface area contributed by atoms with Crippen molar-refractivity contribution in [1.82, 2.24) is 10.2 Å². The maximum absolute atomic E-state index is 5.81. The maximum atomic E-state index is 5.81. The van der Waals surface area contributed by atoms with E-state index in [1.54, 1.807) is 11.8 Å². The highest BCUT2D eigenvalue weighted by Crippen LogP contribution is 2.31. The van der Waals surface area contributed by atoms with Crippen LogP contribution in [0, 0.1) is 0 Å². The molecule has 0 aliphatic heterocycles. The molecule has 114 valence electrons. The molecule has 1 aliphatic rings. The standard InChI is InChI=1S/C16H28N2OS/c1-18(2)16(9-5-4-6-10-16)13-17-11-14-7-8-15(19-14)12-20-3/h7-8,17H,4-6,9-13H2,1-3H3. The number of nitrogens with one attached hydrogen (secondary N) is 1. The van der Waals surface area contributed by atoms with Gasteiger partial charge < -0.3 is 14.6 Å². The molecule has 0 atom stereocenters. The van der Waals surface area contributed by atoms with E-state index < -0.39 is 0 Å². The predicted molar refractivity (Wildman–Crippen MR) is 87.1 cm³/mol. The van der Waals surface area contributed by atoms with Crippen molar-refractivity contribution in [3.8, 4) is 0 Å². The van der Waals surface area contributed by atoms with Crippen molar-refractivity contribution in [2.45, 2.75) is 49.9 Å². The van der Waals surface area contributed by atoms with Gasteiger partial charge in [0.05, 0.1) is 12.3 Å². The third-order valence-electron chi connectivity index (χ3n) is 4.49. The van der Waals surface area contributed by atoms with Crippen LogP contribution in [-0.2, 0) is 12.3 Å². The first-order chi connectivity index (χ1) is 9.66. The van der Waals surface area contributed by atoms with Crippen LogP contribution in [0.3, 0.4) is 0 Å². The molecule has 0 saturated heterocycles. The Balaban J connectivity index is 1.83. The summed E-state index contributed by atoms with van der Waals surface area (Å²) in [7, 11) is 4.44. The van der Waals surface area contributed by atoms with E-state index in [0.717, 1.165) is 30.4 Å². The first kappa shape index (κ1) is 15.9. The summed E-state index contributed by atoms with van der Waals surface area (Å²) in [4.78, 5) is 2.42. The Labute approximate surface area is 127 Å². The smallest absolute Gasteiger partial charge is 0.118 e. The number of rotatable bonds is 7. The minimum atomic E-state index is 0.340. The highest BCUT2D eigenvalue weighted by molar-refractivity contribution is 7.97. The summed E-state index contributed by atoms with van der Waals surface area (Å²) in [5.41, 5.74) is 0.340. The topological polar surface area (TPSA) is 28.4 Å². The number of hydrogen-bond acceptors (Lipinski definition) is 4. The summed E-state index contributed by atoms with van der Waals surface area (Å²) >= 11 is 1.80. The second-order valence-corrected chi connectivity index (χ2v) is 6.95. The lowest BCUT2D eigenvalue weighted by atomic mass is 9.80. The molecular formula is C16H28N2OS. The Kier molecular flexibility index (Phi) is 6.00. The van der Waals surface area contributed by atoms with E-state index in [4.69, 9.17) is 4.42 Å². The van der Waals surface area contributed by atoms with Crippen LogP contribution in [0.1, 0.15) is 43.6 Å². The second kappa shape index (κ2) is 7.53. The van der Waals surface area contributed by atoms with Crippen molar-refractivity contribution in [3.05, 3.63) is 23.7 Å². The van der Waals surface area contributed by atoms with Crippen molar-refractivity contribution in [1.29, 1.82) is 0 Å². The van der Waals surface area contributed by atoms with Crippen LogP contribution in [0.2, 0.25) is 0 Å². The minimum Gasteiger partial charge on any atom is -0.464 e. The average Bonchev–Trinajstić information content (AvgIpc) is 2.88. The zero-order valence-corrected chi connectivity index (χ0v) is 13.9. The van der Waals surface area contributed by atoms with E-state index in [1.807, 2.05) is 0 Å². The van der Waals surface area contributed by atoms with Crippen molar-refractivity contribution >= 4 is 11.8 Å². The molecule has 1 N–H and O–H groups in total. The average molecular weight is 296 g/mol. The summed E-state index contributed by atoms with van der Waals surface area (Å²) in [6, 6.07) is 4.19. The molecule has 1 aromatic rings. The number of thioether (sulfide) groups is 1. The molecule has 1 aliphatic carbocycles. The number of furan rings is 1. The Morgan fingerprint density at radius 2 is 1.90 bits per heavy atom. The molecule has 20 heavy (non-hydrogen) atoms. The second-order valence-electron chi connectivity index (χ2n) is 6.08. The van der Waals surface area contributed by atoms with Gasteiger partial charge in [0.1, 0.15) is 11.5 Å². The van der Waals surface area contributed by atoms with Crippen LogP contribution in [0.25, 0.3) is 0 Å². The summed E-state index contributed by atoms with van der Waals surface area (Å²) in [6.07, 6.45) is 8.83. The van der Waals surface area contributed by atoms with E-state index in [0.29, 0.717) is 5.54 Å². The van der Waals surface area contributed by atoms with Gasteiger partial charge in [0.2, 0.25) is 0 Å². The fourth-order valence-electron chi connectivity index (χ4n) is 3.15. The third kappa shape index (κ3) is 4.03. The molecule has 0 unspecified atom stereocenters. The summed E-state index contributed by atoms with van der Waals surface area (Å²) < 4.78 is 5.81. The summed E-state index contributed by atoms with van der Waals surface area (Å²) in [6.45, 7) is 1.89. The van der Waals surface area contributed by atoms with E-state index in [9.17, 15) is 0 Å². The van der Waals surface area contributed by atoms with Crippen LogP contribution in [0.5, 0.6) is 0 Å². The quantitative estimate of drug-likeness (QED) is 0.833. The van der Waals surface area contributed by atoms with Gasteiger partial charge in [-0.3, -0.25) is 0 Å². The molecular weight excluding hydrogens is 268 g/mol. The summed E-state index contributed by atoms with van der Waals surface area (Å²) in [5, 5.41) is 3.61. The molecule has 0 spiro atoms. The van der Waals surface area contributed by atoms with E-state index in [1.165, 1.54) is 32.1 Å². The molecule has 0 aromatic carbocycles. The lowest BCUT2D eigenvalue weighted by molar-refractivity contribution is 0.0978. The lowest BCUT2D eigenvalue weighted by Crippen LogP contribution is -2.52. The zero-order valence-electron chi connectivity index (χ0n) is 13.1. The minimum absolute atomic E-state index is 0.340. The van der Waals surface area contributed by atoms with Crippen LogP contribution < -0.4 is 5.32 Å². The van der Waals surface area contributed by atoms with Crippen LogP contribution in [0.15, 0.2) is 16.5 Å². The molecule has 4 heteroatoms. The van der Waals surface area contributed by atoms with Gasteiger partial charge in [-0.05, 0) is 45.3 Å². The van der Waals surface area contributed by atoms with Gasteiger partial charge in [0, 0.05) is 12.1 Å². The van der Waals surface area contributed by atoms with Gasteiger partial charge in [0.15, 0.2) is 0 Å². The molecule has 1 aromatic heterocycles. The fourth-order valence-corrected chi connectivity index (χ4v) is 3.59. The SMILES string of the molecule is CSCc1ccc(CNCC2(N(C)C)CCCCC2)o1. The highest BCUT2D eigenvalue weighted by Gasteiger charge is 2.33. The Morgan fingerprint density at radius 3 is 2.55 bits per heavy atom. The van der Waals surface area contributed by atoms with Crippen LogP contribution in [0.4, 0.5) is 0 Å². The number of likely N-dealkylation sites (N-methyl/N-ethyl adjacent to an activating group) is 1. The first-order valence-electron chi connectivity index (χ1n) is 7.61. The zero-order chi connectivity index (χ0) is 14.4. The van der Waals surface area contributed by atoms with Crippen molar-refractivity contribution in [2.75, 3.05) is 26.9 Å². The highest BCUT2D eigenvalue weighted by atomic mass is 32.2. The normalized spacial score (nSPS) is 18.6. The molecule has 1 heterocycles. The molecule has 1 saturated carbocycles. The number of hydrogen-bond donors (Lipinski definition) is 1. The molecule has 3 nitrogen and oxygen atoms in total. The molecule has 2 rings (SSSR count). The fraction of sp³-hybridized carbons (Fsp3) is 0.750. The Bertz CT molecular complexity index is 397. The third-order valence-corrected chi connectivity index (χ3v) is 5.06. The van der Waals surface area contributed by atoms with E-state index in [2.05, 4.69) is 42.7 Å². The van der Waals surface area contributed by atoms with Crippen molar-refractivity contribution in [3.63, 3.8) is 0 Å².